The smallest absolute Gasteiger partial charge is 0.242 e. The summed E-state index contributed by atoms with van der Waals surface area (Å²) in [6, 6.07) is 15.9. The molecule has 2 aromatic rings. The molecule has 2 amide bonds. The van der Waals surface area contributed by atoms with Crippen molar-refractivity contribution in [3.8, 4) is 0 Å². The average Bonchev–Trinajstić information content (AvgIpc) is 2.73. The van der Waals surface area contributed by atoms with Gasteiger partial charge in [0.2, 0.25) is 11.8 Å². The van der Waals surface area contributed by atoms with Crippen LogP contribution in [-0.2, 0) is 16.1 Å². The second kappa shape index (κ2) is 11.8. The van der Waals surface area contributed by atoms with E-state index in [1.807, 2.05) is 52.0 Å². The van der Waals surface area contributed by atoms with Gasteiger partial charge in [0, 0.05) is 29.7 Å². The molecule has 5 heteroatoms. The molecular weight excluding hydrogens is 392 g/mol. The Labute approximate surface area is 185 Å². The van der Waals surface area contributed by atoms with Crippen LogP contribution >= 0.6 is 11.8 Å². The van der Waals surface area contributed by atoms with Gasteiger partial charge in [0.1, 0.15) is 6.04 Å². The molecule has 0 saturated heterocycles. The number of benzene rings is 2. The standard InChI is InChI=1S/C25H34N2O2S/c1-6-20(4)26-25(29)21(5)27(17-22-10-8-7-9-19(22)3)24(28)15-16-30-23-13-11-18(2)12-14-23/h7-14,20-21H,6,15-17H2,1-5H3,(H,26,29)/t20-,21+/m0/s1. The van der Waals surface area contributed by atoms with Gasteiger partial charge in [-0.3, -0.25) is 9.59 Å². The van der Waals surface area contributed by atoms with Crippen LogP contribution in [0.2, 0.25) is 0 Å². The minimum Gasteiger partial charge on any atom is -0.352 e. The van der Waals surface area contributed by atoms with Crippen molar-refractivity contribution in [2.24, 2.45) is 0 Å². The van der Waals surface area contributed by atoms with Crippen LogP contribution in [0.15, 0.2) is 53.4 Å². The number of hydrogen-bond donors (Lipinski definition) is 1. The van der Waals surface area contributed by atoms with Crippen LogP contribution in [0.5, 0.6) is 0 Å². The molecule has 2 aromatic carbocycles. The van der Waals surface area contributed by atoms with Gasteiger partial charge in [0.05, 0.1) is 0 Å². The molecule has 0 saturated carbocycles. The highest BCUT2D eigenvalue weighted by Crippen LogP contribution is 2.21. The number of carbonyl (C=O) groups is 2. The first-order valence-corrected chi connectivity index (χ1v) is 11.6. The first kappa shape index (κ1) is 24.0. The van der Waals surface area contributed by atoms with E-state index in [0.717, 1.165) is 22.4 Å². The third kappa shape index (κ3) is 7.21. The Balaban J connectivity index is 2.08. The quantitative estimate of drug-likeness (QED) is 0.537. The normalized spacial score (nSPS) is 12.8. The Bertz CT molecular complexity index is 835. The highest BCUT2D eigenvalue weighted by atomic mass is 32.2. The number of nitrogens with one attached hydrogen (secondary N) is 1. The number of thioether (sulfide) groups is 1. The van der Waals surface area contributed by atoms with Gasteiger partial charge >= 0.3 is 0 Å². The summed E-state index contributed by atoms with van der Waals surface area (Å²) in [7, 11) is 0. The molecule has 30 heavy (non-hydrogen) atoms. The van der Waals surface area contributed by atoms with Gasteiger partial charge < -0.3 is 10.2 Å². The first-order chi connectivity index (χ1) is 14.3. The van der Waals surface area contributed by atoms with Crippen LogP contribution in [0.3, 0.4) is 0 Å². The fourth-order valence-electron chi connectivity index (χ4n) is 3.05. The summed E-state index contributed by atoms with van der Waals surface area (Å²) in [5.41, 5.74) is 3.42. The zero-order valence-electron chi connectivity index (χ0n) is 18.8. The van der Waals surface area contributed by atoms with Crippen LogP contribution in [-0.4, -0.2) is 34.6 Å². The summed E-state index contributed by atoms with van der Waals surface area (Å²) in [6.07, 6.45) is 1.25. The third-order valence-corrected chi connectivity index (χ3v) is 6.39. The van der Waals surface area contributed by atoms with Crippen molar-refractivity contribution in [1.29, 1.82) is 0 Å². The Morgan fingerprint density at radius 3 is 2.33 bits per heavy atom. The maximum absolute atomic E-state index is 13.1. The lowest BCUT2D eigenvalue weighted by molar-refractivity contribution is -0.140. The summed E-state index contributed by atoms with van der Waals surface area (Å²) in [5.74, 6) is 0.591. The summed E-state index contributed by atoms with van der Waals surface area (Å²) in [6.45, 7) is 10.4. The predicted molar refractivity (Wildman–Crippen MR) is 126 cm³/mol. The molecule has 0 aliphatic heterocycles. The van der Waals surface area contributed by atoms with Crippen molar-refractivity contribution in [3.63, 3.8) is 0 Å². The second-order valence-corrected chi connectivity index (χ2v) is 9.02. The molecule has 0 aliphatic carbocycles. The first-order valence-electron chi connectivity index (χ1n) is 10.7. The van der Waals surface area contributed by atoms with Crippen LogP contribution in [0, 0.1) is 13.8 Å². The van der Waals surface area contributed by atoms with Gasteiger partial charge in [-0.25, -0.2) is 0 Å². The zero-order valence-corrected chi connectivity index (χ0v) is 19.6. The fraction of sp³-hybridized carbons (Fsp3) is 0.440. The molecule has 0 bridgehead atoms. The predicted octanol–water partition coefficient (Wildman–Crippen LogP) is 5.12. The average molecular weight is 427 g/mol. The highest BCUT2D eigenvalue weighted by molar-refractivity contribution is 7.99. The summed E-state index contributed by atoms with van der Waals surface area (Å²) >= 11 is 1.67. The van der Waals surface area contributed by atoms with Crippen LogP contribution in [0.4, 0.5) is 0 Å². The summed E-state index contributed by atoms with van der Waals surface area (Å²) in [4.78, 5) is 28.8. The topological polar surface area (TPSA) is 49.4 Å². The molecule has 4 nitrogen and oxygen atoms in total. The van der Waals surface area contributed by atoms with E-state index < -0.39 is 6.04 Å². The Kier molecular flexibility index (Phi) is 9.44. The van der Waals surface area contributed by atoms with E-state index in [-0.39, 0.29) is 17.9 Å². The van der Waals surface area contributed by atoms with E-state index in [0.29, 0.717) is 18.7 Å². The zero-order chi connectivity index (χ0) is 22.1. The van der Waals surface area contributed by atoms with E-state index in [9.17, 15) is 9.59 Å². The van der Waals surface area contributed by atoms with Gasteiger partial charge in [0.25, 0.3) is 0 Å². The summed E-state index contributed by atoms with van der Waals surface area (Å²) < 4.78 is 0. The third-order valence-electron chi connectivity index (χ3n) is 5.38. The molecule has 1 N–H and O–H groups in total. The van der Waals surface area contributed by atoms with Gasteiger partial charge in [-0.15, -0.1) is 11.8 Å². The molecular formula is C25H34N2O2S. The number of carbonyl (C=O) groups excluding carboxylic acids is 2. The lowest BCUT2D eigenvalue weighted by Crippen LogP contribution is -2.49. The molecule has 0 fully saturated rings. The fourth-order valence-corrected chi connectivity index (χ4v) is 3.89. The monoisotopic (exact) mass is 426 g/mol. The van der Waals surface area contributed by atoms with Crippen LogP contribution in [0.1, 0.15) is 50.3 Å². The molecule has 2 atom stereocenters. The van der Waals surface area contributed by atoms with Gasteiger partial charge in [-0.05, 0) is 57.4 Å². The second-order valence-electron chi connectivity index (χ2n) is 7.85. The van der Waals surface area contributed by atoms with Crippen molar-refractivity contribution in [1.82, 2.24) is 10.2 Å². The van der Waals surface area contributed by atoms with Crippen molar-refractivity contribution < 1.29 is 9.59 Å². The molecule has 0 heterocycles. The van der Waals surface area contributed by atoms with E-state index in [1.54, 1.807) is 16.7 Å². The molecule has 0 unspecified atom stereocenters. The number of hydrogen-bond acceptors (Lipinski definition) is 3. The van der Waals surface area contributed by atoms with Crippen molar-refractivity contribution in [2.45, 2.75) is 71.0 Å². The van der Waals surface area contributed by atoms with E-state index >= 15 is 0 Å². The summed E-state index contributed by atoms with van der Waals surface area (Å²) in [5, 5.41) is 3.01. The van der Waals surface area contributed by atoms with E-state index in [2.05, 4.69) is 36.5 Å². The van der Waals surface area contributed by atoms with E-state index in [4.69, 9.17) is 0 Å². The molecule has 0 aromatic heterocycles. The number of nitrogens with zero attached hydrogens (tertiary/aromatic N) is 1. The Morgan fingerprint density at radius 1 is 1.03 bits per heavy atom. The SMILES string of the molecule is CC[C@H](C)NC(=O)[C@@H](C)N(Cc1ccccc1C)C(=O)CCSc1ccc(C)cc1. The van der Waals surface area contributed by atoms with Crippen LogP contribution < -0.4 is 5.32 Å². The van der Waals surface area contributed by atoms with Gasteiger partial charge in [-0.1, -0.05) is 48.9 Å². The number of rotatable bonds is 10. The molecule has 2 rings (SSSR count). The molecule has 162 valence electrons. The lowest BCUT2D eigenvalue weighted by atomic mass is 10.1. The maximum atomic E-state index is 13.1. The Morgan fingerprint density at radius 2 is 1.70 bits per heavy atom. The maximum Gasteiger partial charge on any atom is 0.242 e. The number of aryl methyl sites for hydroxylation is 2. The minimum absolute atomic E-state index is 0.00432. The largest absolute Gasteiger partial charge is 0.352 e. The van der Waals surface area contributed by atoms with Gasteiger partial charge in [-0.2, -0.15) is 0 Å². The molecule has 0 radical (unpaired) electrons. The lowest BCUT2D eigenvalue weighted by Gasteiger charge is -2.30. The molecule has 0 spiro atoms. The van der Waals surface area contributed by atoms with Crippen molar-refractivity contribution in [2.75, 3.05) is 5.75 Å². The molecule has 0 aliphatic rings. The van der Waals surface area contributed by atoms with Crippen molar-refractivity contribution in [3.05, 3.63) is 65.2 Å². The minimum atomic E-state index is -0.518. The number of amides is 2. The van der Waals surface area contributed by atoms with Crippen LogP contribution in [0.25, 0.3) is 0 Å². The highest BCUT2D eigenvalue weighted by Gasteiger charge is 2.26. The van der Waals surface area contributed by atoms with Crippen molar-refractivity contribution >= 4 is 23.6 Å². The van der Waals surface area contributed by atoms with E-state index in [1.165, 1.54) is 5.56 Å². The Hall–Kier alpha value is -2.27. The van der Waals surface area contributed by atoms with Gasteiger partial charge in [0.15, 0.2) is 0 Å².